The third kappa shape index (κ3) is 6.62. The Bertz CT molecular complexity index is 986. The zero-order valence-corrected chi connectivity index (χ0v) is 18.9. The van der Waals surface area contributed by atoms with E-state index in [0.717, 1.165) is 33.5 Å². The molecule has 3 rings (SSSR count). The fraction of sp³-hybridized carbons (Fsp3) is 0.292. The highest BCUT2D eigenvalue weighted by Crippen LogP contribution is 2.31. The number of amides is 3. The SMILES string of the molecule is COc1ccc(OCCCC(=O)NCCN2C(=O)S/C(=C/c3ccc(C)cc3)C2=O)cc1. The van der Waals surface area contributed by atoms with E-state index in [9.17, 15) is 14.4 Å². The number of carbonyl (C=O) groups is 3. The Balaban J connectivity index is 1.36. The Morgan fingerprint density at radius 2 is 1.75 bits per heavy atom. The second kappa shape index (κ2) is 11.4. The molecule has 0 unspecified atom stereocenters. The summed E-state index contributed by atoms with van der Waals surface area (Å²) >= 11 is 0.918. The van der Waals surface area contributed by atoms with Gasteiger partial charge in [0.25, 0.3) is 11.1 Å². The maximum atomic E-state index is 12.5. The average Bonchev–Trinajstić information content (AvgIpc) is 3.06. The molecule has 1 N–H and O–H groups in total. The van der Waals surface area contributed by atoms with Gasteiger partial charge in [-0.1, -0.05) is 29.8 Å². The molecule has 2 aromatic carbocycles. The van der Waals surface area contributed by atoms with Crippen molar-refractivity contribution in [1.29, 1.82) is 0 Å². The van der Waals surface area contributed by atoms with Crippen molar-refractivity contribution in [3.63, 3.8) is 0 Å². The summed E-state index contributed by atoms with van der Waals surface area (Å²) in [7, 11) is 1.60. The summed E-state index contributed by atoms with van der Waals surface area (Å²) in [6.45, 7) is 2.75. The fourth-order valence-corrected chi connectivity index (χ4v) is 3.86. The number of hydrogen-bond donors (Lipinski definition) is 1. The van der Waals surface area contributed by atoms with E-state index in [0.29, 0.717) is 30.1 Å². The highest BCUT2D eigenvalue weighted by Gasteiger charge is 2.34. The maximum Gasteiger partial charge on any atom is 0.293 e. The van der Waals surface area contributed by atoms with Crippen LogP contribution < -0.4 is 14.8 Å². The van der Waals surface area contributed by atoms with Gasteiger partial charge in [0.1, 0.15) is 11.5 Å². The van der Waals surface area contributed by atoms with E-state index in [4.69, 9.17) is 9.47 Å². The Labute approximate surface area is 191 Å². The molecule has 0 radical (unpaired) electrons. The van der Waals surface area contributed by atoms with E-state index in [1.54, 1.807) is 13.2 Å². The third-order valence-corrected chi connectivity index (χ3v) is 5.69. The molecule has 32 heavy (non-hydrogen) atoms. The first-order valence-corrected chi connectivity index (χ1v) is 11.1. The number of benzene rings is 2. The summed E-state index contributed by atoms with van der Waals surface area (Å²) < 4.78 is 10.7. The molecule has 7 nitrogen and oxygen atoms in total. The Morgan fingerprint density at radius 3 is 2.44 bits per heavy atom. The topological polar surface area (TPSA) is 84.9 Å². The zero-order valence-electron chi connectivity index (χ0n) is 18.1. The third-order valence-electron chi connectivity index (χ3n) is 4.78. The van der Waals surface area contributed by atoms with Gasteiger partial charge in [0.05, 0.1) is 18.6 Å². The van der Waals surface area contributed by atoms with Gasteiger partial charge in [-0.15, -0.1) is 0 Å². The first-order chi connectivity index (χ1) is 15.5. The smallest absolute Gasteiger partial charge is 0.293 e. The minimum absolute atomic E-state index is 0.143. The number of imide groups is 1. The minimum Gasteiger partial charge on any atom is -0.497 e. The van der Waals surface area contributed by atoms with Crippen molar-refractivity contribution in [3.8, 4) is 11.5 Å². The number of methoxy groups -OCH3 is 1. The van der Waals surface area contributed by atoms with E-state index in [2.05, 4.69) is 5.32 Å². The number of hydrogen-bond acceptors (Lipinski definition) is 6. The second-order valence-electron chi connectivity index (χ2n) is 7.22. The lowest BCUT2D eigenvalue weighted by atomic mass is 10.1. The van der Waals surface area contributed by atoms with Crippen LogP contribution in [0.5, 0.6) is 11.5 Å². The highest BCUT2D eigenvalue weighted by molar-refractivity contribution is 8.18. The highest BCUT2D eigenvalue weighted by atomic mass is 32.2. The molecule has 1 fully saturated rings. The largest absolute Gasteiger partial charge is 0.497 e. The lowest BCUT2D eigenvalue weighted by molar-refractivity contribution is -0.124. The Hall–Kier alpha value is -3.26. The van der Waals surface area contributed by atoms with Gasteiger partial charge in [0.2, 0.25) is 5.91 Å². The van der Waals surface area contributed by atoms with Gasteiger partial charge in [0.15, 0.2) is 0 Å². The van der Waals surface area contributed by atoms with Crippen molar-refractivity contribution in [3.05, 3.63) is 64.6 Å². The molecule has 0 aliphatic carbocycles. The van der Waals surface area contributed by atoms with Crippen LogP contribution in [0.1, 0.15) is 24.0 Å². The predicted octanol–water partition coefficient (Wildman–Crippen LogP) is 4.02. The number of thioether (sulfide) groups is 1. The first-order valence-electron chi connectivity index (χ1n) is 10.3. The number of nitrogens with one attached hydrogen (secondary N) is 1. The molecule has 1 heterocycles. The van der Waals surface area contributed by atoms with Crippen molar-refractivity contribution >= 4 is 34.9 Å². The molecule has 2 aromatic rings. The van der Waals surface area contributed by atoms with Crippen LogP contribution in [0, 0.1) is 6.92 Å². The summed E-state index contributed by atoms with van der Waals surface area (Å²) in [6.07, 6.45) is 2.57. The number of rotatable bonds is 10. The van der Waals surface area contributed by atoms with E-state index in [1.165, 1.54) is 0 Å². The number of nitrogens with zero attached hydrogens (tertiary/aromatic N) is 1. The first kappa shape index (κ1) is 23.4. The van der Waals surface area contributed by atoms with Crippen molar-refractivity contribution < 1.29 is 23.9 Å². The Morgan fingerprint density at radius 1 is 1.06 bits per heavy atom. The molecular weight excluding hydrogens is 428 g/mol. The van der Waals surface area contributed by atoms with Crippen LogP contribution in [-0.2, 0) is 9.59 Å². The van der Waals surface area contributed by atoms with Gasteiger partial charge < -0.3 is 14.8 Å². The molecule has 0 aromatic heterocycles. The molecule has 0 saturated carbocycles. The molecule has 8 heteroatoms. The molecule has 0 spiro atoms. The summed E-state index contributed by atoms with van der Waals surface area (Å²) in [5, 5.41) is 2.43. The second-order valence-corrected chi connectivity index (χ2v) is 8.21. The number of ether oxygens (including phenoxy) is 2. The summed E-state index contributed by atoms with van der Waals surface area (Å²) in [5.74, 6) is 0.986. The molecule has 0 bridgehead atoms. The number of carbonyl (C=O) groups excluding carboxylic acids is 3. The van der Waals surface area contributed by atoms with Gasteiger partial charge in [-0.2, -0.15) is 0 Å². The normalized spacial score (nSPS) is 14.7. The van der Waals surface area contributed by atoms with E-state index in [-0.39, 0.29) is 30.1 Å². The molecule has 1 saturated heterocycles. The average molecular weight is 455 g/mol. The molecule has 168 valence electrons. The monoisotopic (exact) mass is 454 g/mol. The lowest BCUT2D eigenvalue weighted by Gasteiger charge is -2.13. The quantitative estimate of drug-likeness (QED) is 0.431. The summed E-state index contributed by atoms with van der Waals surface area (Å²) in [6, 6.07) is 14.9. The minimum atomic E-state index is -0.331. The lowest BCUT2D eigenvalue weighted by Crippen LogP contribution is -2.37. The van der Waals surface area contributed by atoms with E-state index >= 15 is 0 Å². The maximum absolute atomic E-state index is 12.5. The van der Waals surface area contributed by atoms with Crippen LogP contribution in [-0.4, -0.2) is 48.8 Å². The van der Waals surface area contributed by atoms with Gasteiger partial charge in [-0.05, 0) is 61.0 Å². The van der Waals surface area contributed by atoms with E-state index < -0.39 is 0 Å². The fourth-order valence-electron chi connectivity index (χ4n) is 3.00. The Kier molecular flexibility index (Phi) is 8.33. The van der Waals surface area contributed by atoms with Crippen LogP contribution in [0.3, 0.4) is 0 Å². The molecule has 3 amide bonds. The molecular formula is C24H26N2O5S. The molecule has 1 aliphatic rings. The standard InChI is InChI=1S/C24H26N2O5S/c1-17-5-7-18(8-6-17)16-21-23(28)26(24(29)32-21)14-13-25-22(27)4-3-15-31-20-11-9-19(30-2)10-12-20/h5-12,16H,3-4,13-15H2,1-2H3,(H,25,27)/b21-16+. The van der Waals surface area contributed by atoms with Crippen LogP contribution in [0.4, 0.5) is 4.79 Å². The zero-order chi connectivity index (χ0) is 22.9. The molecule has 0 atom stereocenters. The summed E-state index contributed by atoms with van der Waals surface area (Å²) in [4.78, 5) is 38.3. The van der Waals surface area contributed by atoms with Crippen molar-refractivity contribution in [2.24, 2.45) is 0 Å². The van der Waals surface area contributed by atoms with Gasteiger partial charge in [0, 0.05) is 19.5 Å². The van der Waals surface area contributed by atoms with Crippen LogP contribution in [0.25, 0.3) is 6.08 Å². The predicted molar refractivity (Wildman–Crippen MR) is 125 cm³/mol. The van der Waals surface area contributed by atoms with Gasteiger partial charge in [-0.3, -0.25) is 19.3 Å². The van der Waals surface area contributed by atoms with Crippen molar-refractivity contribution in [2.75, 3.05) is 26.8 Å². The van der Waals surface area contributed by atoms with Crippen LogP contribution >= 0.6 is 11.8 Å². The van der Waals surface area contributed by atoms with Gasteiger partial charge >= 0.3 is 0 Å². The summed E-state index contributed by atoms with van der Waals surface area (Å²) in [5.41, 5.74) is 1.99. The molecule has 1 aliphatic heterocycles. The number of aryl methyl sites for hydroxylation is 1. The van der Waals surface area contributed by atoms with Gasteiger partial charge in [-0.25, -0.2) is 0 Å². The van der Waals surface area contributed by atoms with Crippen molar-refractivity contribution in [1.82, 2.24) is 10.2 Å². The van der Waals surface area contributed by atoms with Crippen LogP contribution in [0.2, 0.25) is 0 Å². The van der Waals surface area contributed by atoms with E-state index in [1.807, 2.05) is 55.5 Å². The van der Waals surface area contributed by atoms with Crippen LogP contribution in [0.15, 0.2) is 53.4 Å². The van der Waals surface area contributed by atoms with Crippen molar-refractivity contribution in [2.45, 2.75) is 19.8 Å².